The van der Waals surface area contributed by atoms with E-state index in [2.05, 4.69) is 4.72 Å². The van der Waals surface area contributed by atoms with Crippen molar-refractivity contribution < 1.29 is 21.6 Å². The molecule has 0 heterocycles. The first-order chi connectivity index (χ1) is 9.68. The van der Waals surface area contributed by atoms with Crippen LogP contribution in [0.25, 0.3) is 0 Å². The first kappa shape index (κ1) is 16.6. The molecular formula is C13H15ClF3NO2S. The second kappa shape index (κ2) is 6.14. The molecule has 2 unspecified atom stereocenters. The number of benzene rings is 1. The van der Waals surface area contributed by atoms with E-state index in [1.54, 1.807) is 12.1 Å². The van der Waals surface area contributed by atoms with Gasteiger partial charge in [-0.05, 0) is 24.0 Å². The van der Waals surface area contributed by atoms with Crippen LogP contribution in [0.3, 0.4) is 0 Å². The summed E-state index contributed by atoms with van der Waals surface area (Å²) in [5.41, 5.74) is 1.75. The molecule has 0 aliphatic heterocycles. The van der Waals surface area contributed by atoms with Gasteiger partial charge in [0.05, 0.1) is 17.2 Å². The minimum Gasteiger partial charge on any atom is -0.212 e. The van der Waals surface area contributed by atoms with Gasteiger partial charge in [-0.1, -0.05) is 24.3 Å². The fourth-order valence-corrected chi connectivity index (χ4v) is 4.16. The lowest BCUT2D eigenvalue weighted by molar-refractivity contribution is -0.134. The van der Waals surface area contributed by atoms with Gasteiger partial charge in [-0.3, -0.25) is 0 Å². The van der Waals surface area contributed by atoms with E-state index < -0.39 is 46.2 Å². The lowest BCUT2D eigenvalue weighted by Gasteiger charge is -2.17. The number of fused-ring (bicyclic) bond motifs is 1. The zero-order valence-corrected chi connectivity index (χ0v) is 12.6. The highest BCUT2D eigenvalue weighted by molar-refractivity contribution is 7.89. The van der Waals surface area contributed by atoms with E-state index in [1.807, 2.05) is 12.1 Å². The van der Waals surface area contributed by atoms with Crippen molar-refractivity contribution in [3.8, 4) is 0 Å². The van der Waals surface area contributed by atoms with Gasteiger partial charge in [-0.15, -0.1) is 11.6 Å². The van der Waals surface area contributed by atoms with Gasteiger partial charge in [0.15, 0.2) is 0 Å². The van der Waals surface area contributed by atoms with Crippen LogP contribution in [0.15, 0.2) is 24.3 Å². The van der Waals surface area contributed by atoms with Crippen molar-refractivity contribution in [1.29, 1.82) is 0 Å². The van der Waals surface area contributed by atoms with Gasteiger partial charge in [-0.2, -0.15) is 13.2 Å². The maximum atomic E-state index is 12.1. The highest BCUT2D eigenvalue weighted by atomic mass is 35.5. The SMILES string of the molecule is O=S(=O)(CCCC(F)(F)F)NC1c2ccccc2CC1Cl. The molecule has 1 aliphatic rings. The van der Waals surface area contributed by atoms with E-state index in [0.717, 1.165) is 11.1 Å². The number of alkyl halides is 4. The van der Waals surface area contributed by atoms with Crippen LogP contribution in [-0.2, 0) is 16.4 Å². The molecule has 0 fully saturated rings. The lowest BCUT2D eigenvalue weighted by Crippen LogP contribution is -2.33. The topological polar surface area (TPSA) is 46.2 Å². The minimum atomic E-state index is -4.34. The molecule has 118 valence electrons. The molecule has 0 saturated carbocycles. The molecule has 21 heavy (non-hydrogen) atoms. The molecule has 1 aromatic rings. The van der Waals surface area contributed by atoms with Crippen molar-refractivity contribution in [2.24, 2.45) is 0 Å². The molecule has 0 amide bonds. The summed E-state index contributed by atoms with van der Waals surface area (Å²) in [6.45, 7) is 0. The summed E-state index contributed by atoms with van der Waals surface area (Å²) in [5.74, 6) is -0.561. The Bertz CT molecular complexity index is 604. The maximum absolute atomic E-state index is 12.1. The predicted molar refractivity (Wildman–Crippen MR) is 74.7 cm³/mol. The standard InChI is InChI=1S/C13H15ClF3NO2S/c14-11-8-9-4-1-2-5-10(9)12(11)18-21(19,20)7-3-6-13(15,16)17/h1-2,4-5,11-12,18H,3,6-8H2. The lowest BCUT2D eigenvalue weighted by atomic mass is 10.1. The zero-order chi connectivity index (χ0) is 15.7. The summed E-state index contributed by atoms with van der Waals surface area (Å²) in [6.07, 6.45) is -5.38. The summed E-state index contributed by atoms with van der Waals surface area (Å²) in [6, 6.07) is 6.67. The number of halogens is 4. The van der Waals surface area contributed by atoms with Gasteiger partial charge in [0.1, 0.15) is 0 Å². The van der Waals surface area contributed by atoms with Crippen LogP contribution in [0.1, 0.15) is 30.0 Å². The van der Waals surface area contributed by atoms with Crippen molar-refractivity contribution in [1.82, 2.24) is 4.72 Å². The summed E-state index contributed by atoms with van der Waals surface area (Å²) >= 11 is 6.15. The number of hydrogen-bond acceptors (Lipinski definition) is 2. The average Bonchev–Trinajstić information content (AvgIpc) is 2.64. The van der Waals surface area contributed by atoms with Crippen LogP contribution in [0, 0.1) is 0 Å². The fraction of sp³-hybridized carbons (Fsp3) is 0.538. The summed E-state index contributed by atoms with van der Waals surface area (Å²) in [5, 5.41) is -0.431. The van der Waals surface area contributed by atoms with Gasteiger partial charge in [-0.25, -0.2) is 13.1 Å². The predicted octanol–water partition coefficient (Wildman–Crippen LogP) is 3.15. The molecule has 1 aliphatic carbocycles. The molecule has 1 aromatic carbocycles. The van der Waals surface area contributed by atoms with Crippen LogP contribution < -0.4 is 4.72 Å². The Morgan fingerprint density at radius 3 is 2.62 bits per heavy atom. The molecule has 0 spiro atoms. The van der Waals surface area contributed by atoms with Crippen molar-refractivity contribution in [2.75, 3.05) is 5.75 Å². The van der Waals surface area contributed by atoms with Crippen LogP contribution in [0.2, 0.25) is 0 Å². The third-order valence-corrected chi connectivity index (χ3v) is 5.19. The molecule has 0 saturated heterocycles. The van der Waals surface area contributed by atoms with Crippen molar-refractivity contribution in [3.05, 3.63) is 35.4 Å². The van der Waals surface area contributed by atoms with E-state index in [-0.39, 0.29) is 0 Å². The average molecular weight is 342 g/mol. The van der Waals surface area contributed by atoms with E-state index in [0.29, 0.717) is 6.42 Å². The van der Waals surface area contributed by atoms with Gasteiger partial charge in [0.25, 0.3) is 0 Å². The Balaban J connectivity index is 2.00. The van der Waals surface area contributed by atoms with Crippen LogP contribution in [0.4, 0.5) is 13.2 Å². The van der Waals surface area contributed by atoms with E-state index >= 15 is 0 Å². The minimum absolute atomic E-state index is 0.431. The van der Waals surface area contributed by atoms with Crippen molar-refractivity contribution in [3.63, 3.8) is 0 Å². The molecule has 1 N–H and O–H groups in total. The number of sulfonamides is 1. The summed E-state index contributed by atoms with van der Waals surface area (Å²) in [4.78, 5) is 0. The molecule has 2 rings (SSSR count). The van der Waals surface area contributed by atoms with Crippen molar-refractivity contribution >= 4 is 21.6 Å². The number of rotatable bonds is 5. The quantitative estimate of drug-likeness (QED) is 0.836. The highest BCUT2D eigenvalue weighted by Crippen LogP contribution is 2.35. The van der Waals surface area contributed by atoms with E-state index in [1.165, 1.54) is 0 Å². The molecule has 0 radical (unpaired) electrons. The molecule has 2 atom stereocenters. The monoisotopic (exact) mass is 341 g/mol. The molecule has 0 aromatic heterocycles. The van der Waals surface area contributed by atoms with Gasteiger partial charge in [0.2, 0.25) is 10.0 Å². The Labute approximate surface area is 126 Å². The number of nitrogens with one attached hydrogen (secondary N) is 1. The maximum Gasteiger partial charge on any atom is 0.389 e. The second-order valence-electron chi connectivity index (χ2n) is 5.05. The molecule has 3 nitrogen and oxygen atoms in total. The summed E-state index contributed by atoms with van der Waals surface area (Å²) in [7, 11) is -3.80. The van der Waals surface area contributed by atoms with Gasteiger partial charge >= 0.3 is 6.18 Å². The fourth-order valence-electron chi connectivity index (χ4n) is 2.40. The van der Waals surface area contributed by atoms with Gasteiger partial charge < -0.3 is 0 Å². The van der Waals surface area contributed by atoms with Crippen LogP contribution in [0.5, 0.6) is 0 Å². The molecular weight excluding hydrogens is 327 g/mol. The largest absolute Gasteiger partial charge is 0.389 e. The first-order valence-electron chi connectivity index (χ1n) is 6.46. The molecule has 8 heteroatoms. The highest BCUT2D eigenvalue weighted by Gasteiger charge is 2.34. The molecule has 0 bridgehead atoms. The van der Waals surface area contributed by atoms with Crippen molar-refractivity contribution in [2.45, 2.75) is 36.9 Å². The van der Waals surface area contributed by atoms with Crippen LogP contribution in [-0.4, -0.2) is 25.7 Å². The third kappa shape index (κ3) is 4.59. The first-order valence-corrected chi connectivity index (χ1v) is 8.55. The Kier molecular flexibility index (Phi) is 4.85. The van der Waals surface area contributed by atoms with Crippen LogP contribution >= 0.6 is 11.6 Å². The van der Waals surface area contributed by atoms with E-state index in [4.69, 9.17) is 11.6 Å². The van der Waals surface area contributed by atoms with Gasteiger partial charge in [0, 0.05) is 6.42 Å². The Morgan fingerprint density at radius 1 is 1.29 bits per heavy atom. The Morgan fingerprint density at radius 2 is 1.95 bits per heavy atom. The Hall–Kier alpha value is -0.790. The third-order valence-electron chi connectivity index (χ3n) is 3.35. The summed E-state index contributed by atoms with van der Waals surface area (Å²) < 4.78 is 62.4. The number of hydrogen-bond donors (Lipinski definition) is 1. The second-order valence-corrected chi connectivity index (χ2v) is 7.49. The van der Waals surface area contributed by atoms with E-state index in [9.17, 15) is 21.6 Å². The smallest absolute Gasteiger partial charge is 0.212 e. The normalized spacial score (nSPS) is 22.3. The zero-order valence-electron chi connectivity index (χ0n) is 11.0.